The minimum atomic E-state index is -1.00. The van der Waals surface area contributed by atoms with Gasteiger partial charge < -0.3 is 9.47 Å². The van der Waals surface area contributed by atoms with Gasteiger partial charge in [-0.05, 0) is 62.4 Å². The van der Waals surface area contributed by atoms with Crippen LogP contribution < -0.4 is 4.90 Å². The molecule has 0 N–H and O–H groups in total. The van der Waals surface area contributed by atoms with Gasteiger partial charge in [-0.2, -0.15) is 0 Å². The van der Waals surface area contributed by atoms with Crippen molar-refractivity contribution in [1.29, 1.82) is 0 Å². The lowest BCUT2D eigenvalue weighted by atomic mass is 9.90. The maximum atomic E-state index is 15.4. The smallest absolute Gasteiger partial charge is 0.334 e. The van der Waals surface area contributed by atoms with Gasteiger partial charge in [0.1, 0.15) is 11.6 Å². The molecule has 11 heteroatoms. The van der Waals surface area contributed by atoms with Gasteiger partial charge in [-0.3, -0.25) is 14.4 Å². The predicted octanol–water partition coefficient (Wildman–Crippen LogP) is 6.27. The second-order valence-corrected chi connectivity index (χ2v) is 10.1. The summed E-state index contributed by atoms with van der Waals surface area (Å²) in [6, 6.07) is 6.73. The number of hydrogen-bond donors (Lipinski definition) is 0. The van der Waals surface area contributed by atoms with Crippen molar-refractivity contribution >= 4 is 52.8 Å². The fraction of sp³-hybridized carbons (Fsp3) is 0.357. The third-order valence-electron chi connectivity index (χ3n) is 5.98. The van der Waals surface area contributed by atoms with Crippen LogP contribution in [-0.2, 0) is 23.9 Å². The largest absolute Gasteiger partial charge is 0.466 e. The van der Waals surface area contributed by atoms with Crippen molar-refractivity contribution in [1.82, 2.24) is 0 Å². The first kappa shape index (κ1) is 30.3. The quantitative estimate of drug-likeness (QED) is 0.142. The number of imide groups is 1. The topological polar surface area (TPSA) is 90.0 Å². The summed E-state index contributed by atoms with van der Waals surface area (Å²) < 4.78 is 39.3. The normalized spacial score (nSPS) is 13.2. The van der Waals surface area contributed by atoms with Crippen molar-refractivity contribution in [2.45, 2.75) is 50.3 Å². The van der Waals surface area contributed by atoms with Crippen LogP contribution in [0.4, 0.5) is 14.5 Å². The van der Waals surface area contributed by atoms with Crippen LogP contribution >= 0.6 is 23.4 Å². The monoisotopic (exact) mass is 579 g/mol. The molecule has 0 fully saturated rings. The molecule has 0 spiro atoms. The molecule has 1 aliphatic rings. The van der Waals surface area contributed by atoms with Crippen molar-refractivity contribution in [2.75, 3.05) is 24.4 Å². The van der Waals surface area contributed by atoms with E-state index < -0.39 is 41.1 Å². The van der Waals surface area contributed by atoms with E-state index in [2.05, 4.69) is 0 Å². The molecule has 39 heavy (non-hydrogen) atoms. The Morgan fingerprint density at radius 2 is 1.74 bits per heavy atom. The maximum absolute atomic E-state index is 15.4. The van der Waals surface area contributed by atoms with E-state index in [0.717, 1.165) is 36.4 Å². The van der Waals surface area contributed by atoms with Crippen LogP contribution in [0, 0.1) is 11.6 Å². The van der Waals surface area contributed by atoms with E-state index in [0.29, 0.717) is 24.2 Å². The molecule has 0 saturated carbocycles. The number of amides is 2. The zero-order valence-corrected chi connectivity index (χ0v) is 23.1. The summed E-state index contributed by atoms with van der Waals surface area (Å²) in [7, 11) is 1.18. The Labute approximate surface area is 234 Å². The van der Waals surface area contributed by atoms with Gasteiger partial charge in [0.25, 0.3) is 11.8 Å². The molecule has 0 atom stereocenters. The Hall–Kier alpha value is -3.24. The van der Waals surface area contributed by atoms with Crippen LogP contribution in [0.3, 0.4) is 0 Å². The number of ether oxygens (including phenoxy) is 2. The summed E-state index contributed by atoms with van der Waals surface area (Å²) >= 11 is 7.18. The van der Waals surface area contributed by atoms with Crippen LogP contribution in [0.5, 0.6) is 0 Å². The molecule has 2 amide bonds. The van der Waals surface area contributed by atoms with Gasteiger partial charge in [-0.25, -0.2) is 18.5 Å². The van der Waals surface area contributed by atoms with Gasteiger partial charge in [0.05, 0.1) is 30.2 Å². The number of esters is 2. The van der Waals surface area contributed by atoms with E-state index in [1.807, 2.05) is 6.92 Å². The predicted molar refractivity (Wildman–Crippen MR) is 144 cm³/mol. The van der Waals surface area contributed by atoms with Crippen molar-refractivity contribution < 1.29 is 37.4 Å². The fourth-order valence-electron chi connectivity index (χ4n) is 4.00. The van der Waals surface area contributed by atoms with Gasteiger partial charge in [-0.1, -0.05) is 31.0 Å². The van der Waals surface area contributed by atoms with E-state index >= 15 is 4.39 Å². The molecule has 2 aromatic carbocycles. The van der Waals surface area contributed by atoms with Crippen molar-refractivity contribution in [2.24, 2.45) is 0 Å². The van der Waals surface area contributed by atoms with Crippen molar-refractivity contribution in [3.05, 3.63) is 69.8 Å². The summed E-state index contributed by atoms with van der Waals surface area (Å²) in [5, 5.41) is -0.0413. The zero-order chi connectivity index (χ0) is 28.5. The van der Waals surface area contributed by atoms with Gasteiger partial charge in [0.2, 0.25) is 0 Å². The summed E-state index contributed by atoms with van der Waals surface area (Å²) in [4.78, 5) is 52.8. The second kappa shape index (κ2) is 14.2. The Morgan fingerprint density at radius 3 is 2.41 bits per heavy atom. The molecule has 0 unspecified atom stereocenters. The lowest BCUT2D eigenvalue weighted by molar-refractivity contribution is -0.140. The molecule has 3 rings (SSSR count). The molecule has 0 heterocycles. The Bertz CT molecular complexity index is 1300. The number of thioether (sulfide) groups is 1. The Morgan fingerprint density at radius 1 is 1.03 bits per heavy atom. The Balaban J connectivity index is 2.07. The average Bonchev–Trinajstić information content (AvgIpc) is 2.93. The number of halogens is 3. The zero-order valence-electron chi connectivity index (χ0n) is 21.6. The maximum Gasteiger partial charge on any atom is 0.334 e. The van der Waals surface area contributed by atoms with Crippen LogP contribution in [0.15, 0.2) is 52.4 Å². The molecular weight excluding hydrogens is 552 g/mol. The molecule has 208 valence electrons. The lowest BCUT2D eigenvalue weighted by Gasteiger charge is -2.26. The highest BCUT2D eigenvalue weighted by molar-refractivity contribution is 8.00. The number of methoxy groups -OCH3 is 1. The summed E-state index contributed by atoms with van der Waals surface area (Å²) in [5.41, 5.74) is -0.546. The first-order valence-electron chi connectivity index (χ1n) is 12.4. The second-order valence-electron chi connectivity index (χ2n) is 8.71. The third-order valence-corrected chi connectivity index (χ3v) is 7.44. The average molecular weight is 580 g/mol. The van der Waals surface area contributed by atoms with Gasteiger partial charge >= 0.3 is 11.9 Å². The molecule has 2 aromatic rings. The number of hydrogen-bond acceptors (Lipinski definition) is 7. The van der Waals surface area contributed by atoms with E-state index in [-0.39, 0.29) is 51.8 Å². The molecule has 0 radical (unpaired) electrons. The minimum absolute atomic E-state index is 0.0147. The third kappa shape index (κ3) is 7.67. The molecular formula is C28H28ClF2NO6S. The highest BCUT2D eigenvalue weighted by Gasteiger charge is 2.34. The number of benzene rings is 2. The van der Waals surface area contributed by atoms with E-state index in [1.165, 1.54) is 25.3 Å². The number of unbranched alkanes of at least 4 members (excludes halogenated alkanes) is 1. The standard InChI is InChI=1S/C28H28ClF2NO6S/c1-3-4-12-38-25(33)16-39-24-15-23(22(31)14-21(24)29)32(26(34)17-8-7-9-18(30)13-17)27(35)19-10-5-6-11-20(19)28(36)37-2/h7-9,13-15H,3-6,10-12,16H2,1-2H3. The molecule has 7 nitrogen and oxygen atoms in total. The molecule has 0 bridgehead atoms. The highest BCUT2D eigenvalue weighted by atomic mass is 35.5. The van der Waals surface area contributed by atoms with E-state index in [9.17, 15) is 23.6 Å². The molecule has 0 saturated heterocycles. The van der Waals surface area contributed by atoms with Crippen LogP contribution in [0.1, 0.15) is 55.8 Å². The van der Waals surface area contributed by atoms with Crippen molar-refractivity contribution in [3.63, 3.8) is 0 Å². The van der Waals surface area contributed by atoms with Gasteiger partial charge in [-0.15, -0.1) is 11.8 Å². The van der Waals surface area contributed by atoms with Crippen molar-refractivity contribution in [3.8, 4) is 0 Å². The van der Waals surface area contributed by atoms with Crippen LogP contribution in [0.2, 0.25) is 5.02 Å². The number of carbonyl (C=O) groups is 4. The fourth-order valence-corrected chi connectivity index (χ4v) is 5.06. The van der Waals surface area contributed by atoms with Gasteiger partial charge in [0.15, 0.2) is 0 Å². The number of anilines is 1. The molecule has 1 aliphatic carbocycles. The van der Waals surface area contributed by atoms with Gasteiger partial charge in [0, 0.05) is 21.6 Å². The first-order valence-corrected chi connectivity index (χ1v) is 13.8. The molecule has 0 aliphatic heterocycles. The number of nitrogens with zero attached hydrogens (tertiary/aromatic N) is 1. The summed E-state index contributed by atoms with van der Waals surface area (Å²) in [6.07, 6.45) is 3.17. The van der Waals surface area contributed by atoms with Crippen LogP contribution in [-0.4, -0.2) is 43.2 Å². The minimum Gasteiger partial charge on any atom is -0.466 e. The number of rotatable bonds is 10. The lowest BCUT2D eigenvalue weighted by Crippen LogP contribution is -2.40. The summed E-state index contributed by atoms with van der Waals surface area (Å²) in [5.74, 6) is -5.02. The summed E-state index contributed by atoms with van der Waals surface area (Å²) in [6.45, 7) is 2.22. The van der Waals surface area contributed by atoms with E-state index in [1.54, 1.807) is 0 Å². The SMILES string of the molecule is CCCCOC(=O)CSc1cc(N(C(=O)C2=C(C(=O)OC)CCCC2)C(=O)c2cccc(F)c2)c(F)cc1Cl. The van der Waals surface area contributed by atoms with Crippen LogP contribution in [0.25, 0.3) is 0 Å². The van der Waals surface area contributed by atoms with E-state index in [4.69, 9.17) is 21.1 Å². The number of carbonyl (C=O) groups excluding carboxylic acids is 4. The first-order chi connectivity index (χ1) is 18.7. The molecule has 0 aromatic heterocycles. The Kier molecular flexibility index (Phi) is 11.1. The highest BCUT2D eigenvalue weighted by Crippen LogP contribution is 2.36.